The lowest BCUT2D eigenvalue weighted by molar-refractivity contribution is 0.0313. The van der Waals surface area contributed by atoms with Crippen LogP contribution in [0.5, 0.6) is 5.88 Å². The number of nitrogens with zero attached hydrogens (tertiary/aromatic N) is 2. The van der Waals surface area contributed by atoms with Crippen molar-refractivity contribution in [2.75, 3.05) is 25.6 Å². The predicted molar refractivity (Wildman–Crippen MR) is 73.3 cm³/mol. The van der Waals surface area contributed by atoms with Gasteiger partial charge in [0.05, 0.1) is 32.2 Å². The van der Waals surface area contributed by atoms with Gasteiger partial charge in [-0.1, -0.05) is 0 Å². The summed E-state index contributed by atoms with van der Waals surface area (Å²) in [6, 6.07) is 0.366. The van der Waals surface area contributed by atoms with Crippen molar-refractivity contribution in [3.63, 3.8) is 0 Å². The zero-order chi connectivity index (χ0) is 13.5. The zero-order valence-corrected chi connectivity index (χ0v) is 11.3. The van der Waals surface area contributed by atoms with Crippen molar-refractivity contribution in [1.29, 1.82) is 0 Å². The second-order valence-electron chi connectivity index (χ2n) is 4.78. The molecule has 6 nitrogen and oxygen atoms in total. The van der Waals surface area contributed by atoms with Crippen LogP contribution in [0.4, 0.5) is 5.82 Å². The monoisotopic (exact) mass is 266 g/mol. The first kappa shape index (κ1) is 14.0. The second kappa shape index (κ2) is 7.25. The van der Waals surface area contributed by atoms with Gasteiger partial charge in [-0.25, -0.2) is 0 Å². The molecule has 0 saturated heterocycles. The number of anilines is 1. The van der Waals surface area contributed by atoms with E-state index in [1.54, 1.807) is 19.5 Å². The molecule has 1 aromatic rings. The molecule has 1 fully saturated rings. The molecule has 1 aliphatic carbocycles. The molecule has 1 heterocycles. The third kappa shape index (κ3) is 4.65. The molecule has 0 unspecified atom stereocenters. The van der Waals surface area contributed by atoms with E-state index in [1.807, 2.05) is 0 Å². The summed E-state index contributed by atoms with van der Waals surface area (Å²) in [5.74, 6) is 1.21. The van der Waals surface area contributed by atoms with E-state index in [-0.39, 0.29) is 0 Å². The predicted octanol–water partition coefficient (Wildman–Crippen LogP) is 1.18. The maximum Gasteiger partial charge on any atom is 0.233 e. The molecule has 0 spiro atoms. The molecule has 0 aromatic carbocycles. The first-order chi connectivity index (χ1) is 9.28. The molecule has 0 radical (unpaired) electrons. The lowest BCUT2D eigenvalue weighted by atomic mass is 9.94. The van der Waals surface area contributed by atoms with E-state index in [9.17, 15) is 0 Å². The molecule has 1 saturated carbocycles. The Kier molecular flexibility index (Phi) is 5.35. The number of methoxy groups -OCH3 is 1. The quantitative estimate of drug-likeness (QED) is 0.752. The molecule has 6 heteroatoms. The zero-order valence-electron chi connectivity index (χ0n) is 11.3. The van der Waals surface area contributed by atoms with Gasteiger partial charge in [0.2, 0.25) is 5.88 Å². The first-order valence-corrected chi connectivity index (χ1v) is 6.75. The molecule has 2 rings (SSSR count). The standard InChI is InChI=1S/C13H22N4O2/c1-18-13-9-15-8-12(17-13)16-6-7-19-11-4-2-10(14)3-5-11/h8-11H,2-7,14H2,1H3,(H,16,17). The van der Waals surface area contributed by atoms with Gasteiger partial charge in [0.15, 0.2) is 0 Å². The Labute approximate surface area is 113 Å². The second-order valence-corrected chi connectivity index (χ2v) is 4.78. The number of hydrogen-bond acceptors (Lipinski definition) is 6. The molecule has 0 atom stereocenters. The Morgan fingerprint density at radius 2 is 2.11 bits per heavy atom. The molecule has 1 aromatic heterocycles. The van der Waals surface area contributed by atoms with Gasteiger partial charge in [0, 0.05) is 12.6 Å². The largest absolute Gasteiger partial charge is 0.480 e. The van der Waals surface area contributed by atoms with Crippen molar-refractivity contribution < 1.29 is 9.47 Å². The number of rotatable bonds is 6. The van der Waals surface area contributed by atoms with Gasteiger partial charge in [-0.15, -0.1) is 0 Å². The van der Waals surface area contributed by atoms with Crippen LogP contribution in [-0.2, 0) is 4.74 Å². The highest BCUT2D eigenvalue weighted by molar-refractivity contribution is 5.32. The molecule has 1 aliphatic rings. The van der Waals surface area contributed by atoms with Crippen molar-refractivity contribution in [2.24, 2.45) is 5.73 Å². The highest BCUT2D eigenvalue weighted by atomic mass is 16.5. The highest BCUT2D eigenvalue weighted by Crippen LogP contribution is 2.19. The molecule has 0 aliphatic heterocycles. The van der Waals surface area contributed by atoms with E-state index in [0.717, 1.165) is 25.7 Å². The van der Waals surface area contributed by atoms with Gasteiger partial charge < -0.3 is 20.5 Å². The lowest BCUT2D eigenvalue weighted by Gasteiger charge is -2.26. The summed E-state index contributed by atoms with van der Waals surface area (Å²) >= 11 is 0. The smallest absolute Gasteiger partial charge is 0.233 e. The summed E-state index contributed by atoms with van der Waals surface area (Å²) in [5.41, 5.74) is 5.86. The fourth-order valence-electron chi connectivity index (χ4n) is 2.19. The summed E-state index contributed by atoms with van der Waals surface area (Å²) in [6.07, 6.45) is 7.88. The van der Waals surface area contributed by atoms with Crippen LogP contribution >= 0.6 is 0 Å². The van der Waals surface area contributed by atoms with Crippen molar-refractivity contribution in [3.05, 3.63) is 12.4 Å². The Hall–Kier alpha value is -1.40. The minimum atomic E-state index is 0.359. The highest BCUT2D eigenvalue weighted by Gasteiger charge is 2.18. The number of aromatic nitrogens is 2. The van der Waals surface area contributed by atoms with Crippen LogP contribution < -0.4 is 15.8 Å². The normalized spacial score (nSPS) is 23.1. The Morgan fingerprint density at radius 1 is 1.32 bits per heavy atom. The number of hydrogen-bond donors (Lipinski definition) is 2. The van der Waals surface area contributed by atoms with E-state index in [4.69, 9.17) is 15.2 Å². The summed E-state index contributed by atoms with van der Waals surface area (Å²) in [6.45, 7) is 1.38. The average molecular weight is 266 g/mol. The van der Waals surface area contributed by atoms with Crippen LogP contribution in [-0.4, -0.2) is 42.4 Å². The van der Waals surface area contributed by atoms with Crippen LogP contribution in [0, 0.1) is 0 Å². The topological polar surface area (TPSA) is 82.3 Å². The molecular weight excluding hydrogens is 244 g/mol. The van der Waals surface area contributed by atoms with Crippen LogP contribution in [0.25, 0.3) is 0 Å². The molecule has 106 valence electrons. The van der Waals surface area contributed by atoms with Crippen LogP contribution in [0.15, 0.2) is 12.4 Å². The molecule has 3 N–H and O–H groups in total. The average Bonchev–Trinajstić information content (AvgIpc) is 2.46. The minimum absolute atomic E-state index is 0.359. The van der Waals surface area contributed by atoms with Crippen LogP contribution in [0.3, 0.4) is 0 Å². The molecule has 0 bridgehead atoms. The van der Waals surface area contributed by atoms with E-state index >= 15 is 0 Å². The fraction of sp³-hybridized carbons (Fsp3) is 0.692. The van der Waals surface area contributed by atoms with Gasteiger partial charge in [-0.3, -0.25) is 4.98 Å². The number of nitrogens with one attached hydrogen (secondary N) is 1. The van der Waals surface area contributed by atoms with Crippen molar-refractivity contribution >= 4 is 5.82 Å². The molecular formula is C13H22N4O2. The Balaban J connectivity index is 1.63. The lowest BCUT2D eigenvalue weighted by Crippen LogP contribution is -2.31. The maximum absolute atomic E-state index is 5.86. The third-order valence-corrected chi connectivity index (χ3v) is 3.30. The molecule has 0 amide bonds. The summed E-state index contributed by atoms with van der Waals surface area (Å²) < 4.78 is 10.8. The summed E-state index contributed by atoms with van der Waals surface area (Å²) in [4.78, 5) is 8.25. The van der Waals surface area contributed by atoms with Gasteiger partial charge in [-0.05, 0) is 25.7 Å². The van der Waals surface area contributed by atoms with Crippen molar-refractivity contribution in [1.82, 2.24) is 9.97 Å². The minimum Gasteiger partial charge on any atom is -0.480 e. The van der Waals surface area contributed by atoms with E-state index in [2.05, 4.69) is 15.3 Å². The van der Waals surface area contributed by atoms with Gasteiger partial charge in [0.1, 0.15) is 5.82 Å². The van der Waals surface area contributed by atoms with Crippen LogP contribution in [0.1, 0.15) is 25.7 Å². The number of ether oxygens (including phenoxy) is 2. The van der Waals surface area contributed by atoms with Gasteiger partial charge >= 0.3 is 0 Å². The Bertz CT molecular complexity index is 381. The fourth-order valence-corrected chi connectivity index (χ4v) is 2.19. The van der Waals surface area contributed by atoms with E-state index in [0.29, 0.717) is 37.0 Å². The van der Waals surface area contributed by atoms with Crippen molar-refractivity contribution in [2.45, 2.75) is 37.8 Å². The summed E-state index contributed by atoms with van der Waals surface area (Å²) in [5, 5.41) is 3.16. The SMILES string of the molecule is COc1cncc(NCCOC2CCC(N)CC2)n1. The third-order valence-electron chi connectivity index (χ3n) is 3.30. The van der Waals surface area contributed by atoms with Gasteiger partial charge in [0.25, 0.3) is 0 Å². The maximum atomic E-state index is 5.86. The molecule has 19 heavy (non-hydrogen) atoms. The first-order valence-electron chi connectivity index (χ1n) is 6.75. The van der Waals surface area contributed by atoms with Crippen LogP contribution in [0.2, 0.25) is 0 Å². The van der Waals surface area contributed by atoms with E-state index in [1.165, 1.54) is 0 Å². The number of nitrogens with two attached hydrogens (primary N) is 1. The summed E-state index contributed by atoms with van der Waals surface area (Å²) in [7, 11) is 1.57. The van der Waals surface area contributed by atoms with Gasteiger partial charge in [-0.2, -0.15) is 4.98 Å². The Morgan fingerprint density at radius 3 is 2.84 bits per heavy atom. The van der Waals surface area contributed by atoms with E-state index < -0.39 is 0 Å². The van der Waals surface area contributed by atoms with Crippen molar-refractivity contribution in [3.8, 4) is 5.88 Å².